The van der Waals surface area contributed by atoms with Gasteiger partial charge in [-0.2, -0.15) is 9.97 Å². The lowest BCUT2D eigenvalue weighted by atomic mass is 10.0. The molecule has 2 N–H and O–H groups in total. The third-order valence-electron chi connectivity index (χ3n) is 3.45. The molecule has 18 heavy (non-hydrogen) atoms. The fourth-order valence-corrected chi connectivity index (χ4v) is 2.55. The van der Waals surface area contributed by atoms with Crippen molar-refractivity contribution in [3.8, 4) is 0 Å². The minimum Gasteiger partial charge on any atom is -0.393 e. The minimum absolute atomic E-state index is 0.199. The summed E-state index contributed by atoms with van der Waals surface area (Å²) in [7, 11) is 0. The van der Waals surface area contributed by atoms with E-state index >= 15 is 0 Å². The molecule has 0 aromatic carbocycles. The molecule has 1 aliphatic rings. The summed E-state index contributed by atoms with van der Waals surface area (Å²) in [6.45, 7) is 3.46. The van der Waals surface area contributed by atoms with Crippen LogP contribution in [0.25, 0.3) is 11.2 Å². The van der Waals surface area contributed by atoms with Gasteiger partial charge in [-0.05, 0) is 24.9 Å². The zero-order chi connectivity index (χ0) is 12.7. The molecule has 0 radical (unpaired) electrons. The third kappa shape index (κ3) is 1.91. The normalized spacial score (nSPS) is 21.7. The molecule has 1 saturated heterocycles. The molecule has 96 valence electrons. The van der Waals surface area contributed by atoms with Gasteiger partial charge in [0.15, 0.2) is 11.5 Å². The smallest absolute Gasteiger partial charge is 0.226 e. The van der Waals surface area contributed by atoms with E-state index in [0.717, 1.165) is 30.8 Å². The van der Waals surface area contributed by atoms with Gasteiger partial charge in [0, 0.05) is 19.0 Å². The van der Waals surface area contributed by atoms with Crippen LogP contribution >= 0.6 is 11.6 Å². The maximum absolute atomic E-state index is 9.64. The lowest BCUT2D eigenvalue weighted by Gasteiger charge is -2.18. The minimum atomic E-state index is -0.301. The van der Waals surface area contributed by atoms with Crippen LogP contribution in [-0.4, -0.2) is 44.2 Å². The molecule has 2 aromatic heterocycles. The van der Waals surface area contributed by atoms with Gasteiger partial charge in [0.2, 0.25) is 5.28 Å². The topological polar surface area (TPSA) is 77.9 Å². The first kappa shape index (κ1) is 11.7. The van der Waals surface area contributed by atoms with Crippen molar-refractivity contribution >= 4 is 28.6 Å². The molecule has 1 fully saturated rings. The summed E-state index contributed by atoms with van der Waals surface area (Å²) in [6, 6.07) is 0. The highest BCUT2D eigenvalue weighted by atomic mass is 35.5. The first-order valence-corrected chi connectivity index (χ1v) is 6.32. The predicted octanol–water partition coefficient (Wildman–Crippen LogP) is 1.21. The van der Waals surface area contributed by atoms with Gasteiger partial charge in [-0.25, -0.2) is 4.98 Å². The number of rotatable bonds is 2. The van der Waals surface area contributed by atoms with Gasteiger partial charge in [0.1, 0.15) is 5.52 Å². The van der Waals surface area contributed by atoms with Crippen molar-refractivity contribution in [2.45, 2.75) is 19.4 Å². The maximum atomic E-state index is 9.64. The largest absolute Gasteiger partial charge is 0.393 e. The number of nitrogens with zero attached hydrogens (tertiary/aromatic N) is 4. The molecule has 6 nitrogen and oxygen atoms in total. The number of halogens is 1. The maximum Gasteiger partial charge on any atom is 0.226 e. The summed E-state index contributed by atoms with van der Waals surface area (Å²) in [6.07, 6.45) is 2.24. The van der Waals surface area contributed by atoms with Crippen molar-refractivity contribution in [1.29, 1.82) is 0 Å². The highest BCUT2D eigenvalue weighted by molar-refractivity contribution is 6.28. The van der Waals surface area contributed by atoms with Gasteiger partial charge in [-0.15, -0.1) is 0 Å². The Balaban J connectivity index is 1.97. The molecular weight excluding hydrogens is 254 g/mol. The quantitative estimate of drug-likeness (QED) is 0.800. The van der Waals surface area contributed by atoms with Crippen LogP contribution in [0.15, 0.2) is 6.33 Å². The van der Waals surface area contributed by atoms with E-state index in [1.54, 1.807) is 6.33 Å². The van der Waals surface area contributed by atoms with E-state index in [9.17, 15) is 5.11 Å². The molecular formula is C11H14ClN5O. The number of H-pyrrole nitrogens is 1. The fourth-order valence-electron chi connectivity index (χ4n) is 2.39. The molecule has 2 aromatic rings. The second-order valence-corrected chi connectivity index (χ2v) is 4.99. The number of aromatic nitrogens is 4. The molecule has 2 unspecified atom stereocenters. The SMILES string of the molecule is CC(O)C1CCN(c2nc(Cl)nc3nc[nH]c23)C1. The standard InChI is InChI=1S/C11H14ClN5O/c1-6(18)7-2-3-17(4-7)10-8-9(14-5-13-8)15-11(12)16-10/h5-7,18H,2-4H2,1H3,(H,13,14,15,16). The van der Waals surface area contributed by atoms with Crippen LogP contribution in [0.3, 0.4) is 0 Å². The van der Waals surface area contributed by atoms with Crippen LogP contribution in [0.4, 0.5) is 5.82 Å². The molecule has 7 heteroatoms. The second kappa shape index (κ2) is 4.37. The van der Waals surface area contributed by atoms with E-state index in [1.165, 1.54) is 0 Å². The van der Waals surface area contributed by atoms with Crippen molar-refractivity contribution in [1.82, 2.24) is 19.9 Å². The fraction of sp³-hybridized carbons (Fsp3) is 0.545. The Kier molecular flexibility index (Phi) is 2.83. The average Bonchev–Trinajstić information content (AvgIpc) is 2.95. The van der Waals surface area contributed by atoms with Gasteiger partial charge < -0.3 is 15.0 Å². The monoisotopic (exact) mass is 267 g/mol. The highest BCUT2D eigenvalue weighted by Crippen LogP contribution is 2.29. The zero-order valence-corrected chi connectivity index (χ0v) is 10.7. The first-order chi connectivity index (χ1) is 8.65. The molecule has 0 amide bonds. The Morgan fingerprint density at radius 1 is 1.56 bits per heavy atom. The van der Waals surface area contributed by atoms with Crippen molar-refractivity contribution < 1.29 is 5.11 Å². The Morgan fingerprint density at radius 2 is 2.39 bits per heavy atom. The number of hydrogen-bond acceptors (Lipinski definition) is 5. The molecule has 1 aliphatic heterocycles. The zero-order valence-electron chi connectivity index (χ0n) is 9.97. The van der Waals surface area contributed by atoms with Crippen molar-refractivity contribution in [3.63, 3.8) is 0 Å². The van der Waals surface area contributed by atoms with E-state index < -0.39 is 0 Å². The van der Waals surface area contributed by atoms with Crippen molar-refractivity contribution in [2.24, 2.45) is 5.92 Å². The van der Waals surface area contributed by atoms with Gasteiger partial charge >= 0.3 is 0 Å². The summed E-state index contributed by atoms with van der Waals surface area (Å²) in [4.78, 5) is 17.6. The number of aromatic amines is 1. The first-order valence-electron chi connectivity index (χ1n) is 5.95. The lowest BCUT2D eigenvalue weighted by Crippen LogP contribution is -2.25. The van der Waals surface area contributed by atoms with Gasteiger partial charge in [-0.1, -0.05) is 0 Å². The number of aliphatic hydroxyl groups excluding tert-OH is 1. The van der Waals surface area contributed by atoms with E-state index in [4.69, 9.17) is 11.6 Å². The third-order valence-corrected chi connectivity index (χ3v) is 3.61. The molecule has 0 saturated carbocycles. The van der Waals surface area contributed by atoms with Crippen LogP contribution in [0.1, 0.15) is 13.3 Å². The van der Waals surface area contributed by atoms with Crippen molar-refractivity contribution in [2.75, 3.05) is 18.0 Å². The molecule has 3 heterocycles. The second-order valence-electron chi connectivity index (χ2n) is 4.65. The van der Waals surface area contributed by atoms with Crippen LogP contribution in [-0.2, 0) is 0 Å². The summed E-state index contributed by atoms with van der Waals surface area (Å²) in [5.41, 5.74) is 1.37. The Morgan fingerprint density at radius 3 is 3.11 bits per heavy atom. The van der Waals surface area contributed by atoms with Gasteiger partial charge in [0.25, 0.3) is 0 Å². The number of anilines is 1. The number of nitrogens with one attached hydrogen (secondary N) is 1. The molecule has 0 aliphatic carbocycles. The van der Waals surface area contributed by atoms with E-state index in [2.05, 4.69) is 24.8 Å². The average molecular weight is 268 g/mol. The van der Waals surface area contributed by atoms with Gasteiger partial charge in [-0.3, -0.25) is 0 Å². The van der Waals surface area contributed by atoms with Crippen molar-refractivity contribution in [3.05, 3.63) is 11.6 Å². The summed E-state index contributed by atoms with van der Waals surface area (Å²) in [5, 5.41) is 9.84. The van der Waals surface area contributed by atoms with Crippen LogP contribution in [0, 0.1) is 5.92 Å². The summed E-state index contributed by atoms with van der Waals surface area (Å²) < 4.78 is 0. The van der Waals surface area contributed by atoms with Gasteiger partial charge in [0.05, 0.1) is 12.4 Å². The summed E-state index contributed by atoms with van der Waals surface area (Å²) >= 11 is 5.91. The summed E-state index contributed by atoms with van der Waals surface area (Å²) in [5.74, 6) is 1.04. The molecule has 0 bridgehead atoms. The Hall–Kier alpha value is -1.40. The predicted molar refractivity (Wildman–Crippen MR) is 68.7 cm³/mol. The highest BCUT2D eigenvalue weighted by Gasteiger charge is 2.28. The Labute approximate surface area is 109 Å². The van der Waals surface area contributed by atoms with Crippen LogP contribution in [0.2, 0.25) is 5.28 Å². The van der Waals surface area contributed by atoms with E-state index in [-0.39, 0.29) is 17.3 Å². The van der Waals surface area contributed by atoms with E-state index in [1.807, 2.05) is 6.92 Å². The number of fused-ring (bicyclic) bond motifs is 1. The number of hydrogen-bond donors (Lipinski definition) is 2. The molecule has 3 rings (SSSR count). The van der Waals surface area contributed by atoms with Crippen LogP contribution in [0.5, 0.6) is 0 Å². The Bertz CT molecular complexity index is 570. The van der Waals surface area contributed by atoms with Crippen LogP contribution < -0.4 is 4.90 Å². The molecule has 0 spiro atoms. The molecule has 2 atom stereocenters. The number of aliphatic hydroxyl groups is 1. The van der Waals surface area contributed by atoms with E-state index in [0.29, 0.717) is 5.65 Å². The number of imidazole rings is 1. The lowest BCUT2D eigenvalue weighted by molar-refractivity contribution is 0.136.